The Bertz CT molecular complexity index is 979. The van der Waals surface area contributed by atoms with E-state index in [0.29, 0.717) is 18.5 Å². The molecule has 7 heteroatoms. The molecule has 0 fully saturated rings. The zero-order valence-electron chi connectivity index (χ0n) is 13.8. The van der Waals surface area contributed by atoms with Gasteiger partial charge in [0, 0.05) is 12.1 Å². The number of anilines is 1. The van der Waals surface area contributed by atoms with Gasteiger partial charge in [-0.05, 0) is 61.7 Å². The molecule has 6 nitrogen and oxygen atoms in total. The van der Waals surface area contributed by atoms with Crippen LogP contribution in [0, 0.1) is 6.92 Å². The zero-order chi connectivity index (χ0) is 18.2. The molecule has 1 aliphatic rings. The molecule has 0 atom stereocenters. The molecule has 0 unspecified atom stereocenters. The molecule has 3 rings (SSSR count). The van der Waals surface area contributed by atoms with Crippen LogP contribution >= 0.6 is 0 Å². The maximum atomic E-state index is 12.6. The van der Waals surface area contributed by atoms with Crippen molar-refractivity contribution in [3.8, 4) is 5.75 Å². The van der Waals surface area contributed by atoms with E-state index in [1.807, 2.05) is 0 Å². The highest BCUT2D eigenvalue weighted by atomic mass is 32.2. The maximum absolute atomic E-state index is 12.6. The summed E-state index contributed by atoms with van der Waals surface area (Å²) < 4.78 is 30.5. The van der Waals surface area contributed by atoms with Gasteiger partial charge in [0.2, 0.25) is 5.91 Å². The van der Waals surface area contributed by atoms with Gasteiger partial charge in [-0.1, -0.05) is 6.07 Å². The number of carbonyl (C=O) groups is 2. The first-order chi connectivity index (χ1) is 11.8. The quantitative estimate of drug-likeness (QED) is 0.670. The molecule has 130 valence electrons. The van der Waals surface area contributed by atoms with Crippen LogP contribution in [-0.2, 0) is 21.3 Å². The van der Waals surface area contributed by atoms with E-state index >= 15 is 0 Å². The van der Waals surface area contributed by atoms with E-state index in [9.17, 15) is 18.0 Å². The molecule has 1 aliphatic heterocycles. The molecule has 2 aromatic rings. The summed E-state index contributed by atoms with van der Waals surface area (Å²) in [7, 11) is -4.10. The van der Waals surface area contributed by atoms with Gasteiger partial charge in [-0.25, -0.2) is 0 Å². The minimum absolute atomic E-state index is 0.0125. The molecule has 0 bridgehead atoms. The first-order valence-corrected chi connectivity index (χ1v) is 9.16. The third-order valence-electron chi connectivity index (χ3n) is 3.98. The Kier molecular flexibility index (Phi) is 4.34. The SMILES string of the molecule is CC(=O)c1ccc(C)cc1OS(=O)(=O)c1ccc2c(c1)CCC(=O)N2. The van der Waals surface area contributed by atoms with Crippen LogP contribution < -0.4 is 9.50 Å². The van der Waals surface area contributed by atoms with E-state index in [4.69, 9.17) is 4.18 Å². The molecule has 25 heavy (non-hydrogen) atoms. The predicted molar refractivity (Wildman–Crippen MR) is 92.4 cm³/mol. The van der Waals surface area contributed by atoms with Crippen molar-refractivity contribution in [3.05, 3.63) is 53.1 Å². The van der Waals surface area contributed by atoms with Gasteiger partial charge in [-0.2, -0.15) is 8.42 Å². The lowest BCUT2D eigenvalue weighted by molar-refractivity contribution is -0.116. The van der Waals surface area contributed by atoms with Gasteiger partial charge < -0.3 is 9.50 Å². The summed E-state index contributed by atoms with van der Waals surface area (Å²) in [6, 6.07) is 9.21. The number of nitrogens with one attached hydrogen (secondary N) is 1. The molecule has 0 aromatic heterocycles. The lowest BCUT2D eigenvalue weighted by Gasteiger charge is -2.18. The Hall–Kier alpha value is -2.67. The number of hydrogen-bond donors (Lipinski definition) is 1. The van der Waals surface area contributed by atoms with E-state index in [1.165, 1.54) is 25.1 Å². The van der Waals surface area contributed by atoms with Crippen LogP contribution in [0.1, 0.15) is 34.8 Å². The molecule has 0 saturated carbocycles. The van der Waals surface area contributed by atoms with Crippen molar-refractivity contribution >= 4 is 27.5 Å². The first-order valence-electron chi connectivity index (χ1n) is 7.75. The number of hydrogen-bond acceptors (Lipinski definition) is 5. The fourth-order valence-corrected chi connectivity index (χ4v) is 3.66. The van der Waals surface area contributed by atoms with Crippen LogP contribution in [0.3, 0.4) is 0 Å². The van der Waals surface area contributed by atoms with Crippen LogP contribution in [-0.4, -0.2) is 20.1 Å². The number of carbonyl (C=O) groups excluding carboxylic acids is 2. The van der Waals surface area contributed by atoms with E-state index in [2.05, 4.69) is 5.32 Å². The number of amides is 1. The number of fused-ring (bicyclic) bond motifs is 1. The van der Waals surface area contributed by atoms with Gasteiger partial charge in [0.1, 0.15) is 4.90 Å². The molecule has 0 aliphatic carbocycles. The first kappa shape index (κ1) is 17.2. The monoisotopic (exact) mass is 359 g/mol. The summed E-state index contributed by atoms with van der Waals surface area (Å²) in [4.78, 5) is 23.1. The second-order valence-corrected chi connectivity index (χ2v) is 7.51. The number of ketones is 1. The predicted octanol–water partition coefficient (Wildman–Crippen LogP) is 2.85. The Labute approximate surface area is 145 Å². The van der Waals surface area contributed by atoms with Crippen molar-refractivity contribution < 1.29 is 22.2 Å². The number of aryl methyl sites for hydroxylation is 2. The van der Waals surface area contributed by atoms with Crippen molar-refractivity contribution in [1.29, 1.82) is 0 Å². The Morgan fingerprint density at radius 2 is 1.88 bits per heavy atom. The lowest BCUT2D eigenvalue weighted by Crippen LogP contribution is -2.20. The fraction of sp³-hybridized carbons (Fsp3) is 0.222. The van der Waals surface area contributed by atoms with E-state index in [1.54, 1.807) is 25.1 Å². The van der Waals surface area contributed by atoms with Crippen molar-refractivity contribution in [2.45, 2.75) is 31.6 Å². The van der Waals surface area contributed by atoms with Crippen LogP contribution in [0.2, 0.25) is 0 Å². The van der Waals surface area contributed by atoms with E-state index in [-0.39, 0.29) is 27.9 Å². The van der Waals surface area contributed by atoms with Gasteiger partial charge in [0.25, 0.3) is 0 Å². The van der Waals surface area contributed by atoms with Crippen LogP contribution in [0.5, 0.6) is 5.75 Å². The maximum Gasteiger partial charge on any atom is 0.339 e. The summed E-state index contributed by atoms with van der Waals surface area (Å²) >= 11 is 0. The van der Waals surface area contributed by atoms with E-state index in [0.717, 1.165) is 11.1 Å². The van der Waals surface area contributed by atoms with E-state index < -0.39 is 10.1 Å². The Balaban J connectivity index is 1.97. The third-order valence-corrected chi connectivity index (χ3v) is 5.21. The minimum Gasteiger partial charge on any atom is -0.378 e. The topological polar surface area (TPSA) is 89.5 Å². The lowest BCUT2D eigenvalue weighted by atomic mass is 10.0. The second-order valence-electron chi connectivity index (χ2n) is 5.96. The highest BCUT2D eigenvalue weighted by Crippen LogP contribution is 2.29. The third kappa shape index (κ3) is 3.56. The average molecular weight is 359 g/mol. The fourth-order valence-electron chi connectivity index (χ4n) is 2.67. The zero-order valence-corrected chi connectivity index (χ0v) is 14.6. The minimum atomic E-state index is -4.10. The van der Waals surface area contributed by atoms with Crippen molar-refractivity contribution in [3.63, 3.8) is 0 Å². The van der Waals surface area contributed by atoms with Crippen molar-refractivity contribution in [2.75, 3.05) is 5.32 Å². The molecule has 0 radical (unpaired) electrons. The summed E-state index contributed by atoms with van der Waals surface area (Å²) in [5, 5.41) is 2.70. The van der Waals surface area contributed by atoms with Crippen LogP contribution in [0.25, 0.3) is 0 Å². The molecular weight excluding hydrogens is 342 g/mol. The highest BCUT2D eigenvalue weighted by Gasteiger charge is 2.23. The van der Waals surface area contributed by atoms with Crippen LogP contribution in [0.4, 0.5) is 5.69 Å². The average Bonchev–Trinajstić information content (AvgIpc) is 2.53. The smallest absolute Gasteiger partial charge is 0.339 e. The number of Topliss-reactive ketones (excluding diaryl/α,β-unsaturated/α-hetero) is 1. The summed E-state index contributed by atoms with van der Waals surface area (Å²) in [5.41, 5.74) is 2.33. The molecular formula is C18H17NO5S. The van der Waals surface area contributed by atoms with Crippen LogP contribution in [0.15, 0.2) is 41.3 Å². The van der Waals surface area contributed by atoms with Crippen molar-refractivity contribution in [1.82, 2.24) is 0 Å². The summed E-state index contributed by atoms with van der Waals surface area (Å²) in [6.45, 7) is 3.14. The summed E-state index contributed by atoms with van der Waals surface area (Å²) in [5.74, 6) is -0.359. The summed E-state index contributed by atoms with van der Waals surface area (Å²) in [6.07, 6.45) is 0.775. The Morgan fingerprint density at radius 3 is 2.60 bits per heavy atom. The van der Waals surface area contributed by atoms with Gasteiger partial charge in [0.15, 0.2) is 11.5 Å². The van der Waals surface area contributed by atoms with Gasteiger partial charge in [-0.3, -0.25) is 9.59 Å². The standard InChI is InChI=1S/C18H17NO5S/c1-11-3-6-15(12(2)20)17(9-11)24-25(22,23)14-5-7-16-13(10-14)4-8-18(21)19-16/h3,5-7,9-10H,4,8H2,1-2H3,(H,19,21). The molecule has 1 heterocycles. The molecule has 1 amide bonds. The van der Waals surface area contributed by atoms with Crippen molar-refractivity contribution in [2.24, 2.45) is 0 Å². The van der Waals surface area contributed by atoms with Gasteiger partial charge in [0.05, 0.1) is 5.56 Å². The molecule has 0 spiro atoms. The normalized spacial score (nSPS) is 13.8. The number of benzene rings is 2. The van der Waals surface area contributed by atoms with Gasteiger partial charge in [-0.15, -0.1) is 0 Å². The number of rotatable bonds is 4. The Morgan fingerprint density at radius 1 is 1.12 bits per heavy atom. The highest BCUT2D eigenvalue weighted by molar-refractivity contribution is 7.87. The second kappa shape index (κ2) is 6.33. The molecule has 0 saturated heterocycles. The molecule has 1 N–H and O–H groups in total. The van der Waals surface area contributed by atoms with Gasteiger partial charge >= 0.3 is 10.1 Å². The largest absolute Gasteiger partial charge is 0.378 e. The molecule has 2 aromatic carbocycles.